The number of ether oxygens (including phenoxy) is 2. The molecule has 0 rings (SSSR count). The minimum atomic E-state index is -0.400. The molecule has 0 spiro atoms. The molecule has 0 amide bonds. The summed E-state index contributed by atoms with van der Waals surface area (Å²) in [5, 5.41) is 0. The molecule has 0 aliphatic carbocycles. The molecule has 0 aliphatic heterocycles. The second-order valence-electron chi connectivity index (χ2n) is 7.03. The summed E-state index contributed by atoms with van der Waals surface area (Å²) in [7, 11) is 0. The summed E-state index contributed by atoms with van der Waals surface area (Å²) in [6.45, 7) is 12.3. The first-order valence-electron chi connectivity index (χ1n) is 8.59. The largest absolute Gasteiger partial charge is 0.466 e. The van der Waals surface area contributed by atoms with Gasteiger partial charge in [0.2, 0.25) is 0 Å². The van der Waals surface area contributed by atoms with E-state index in [9.17, 15) is 9.59 Å². The highest BCUT2D eigenvalue weighted by Gasteiger charge is 2.29. The highest BCUT2D eigenvalue weighted by atomic mass is 32.2. The van der Waals surface area contributed by atoms with Crippen molar-refractivity contribution in [2.24, 2.45) is 10.8 Å². The van der Waals surface area contributed by atoms with Gasteiger partial charge >= 0.3 is 11.9 Å². The van der Waals surface area contributed by atoms with Crippen molar-refractivity contribution >= 4 is 23.7 Å². The number of carbonyl (C=O) groups is 2. The van der Waals surface area contributed by atoms with Crippen molar-refractivity contribution in [3.05, 3.63) is 0 Å². The zero-order chi connectivity index (χ0) is 17.9. The summed E-state index contributed by atoms with van der Waals surface area (Å²) in [4.78, 5) is 23.6. The van der Waals surface area contributed by atoms with Gasteiger partial charge in [0.1, 0.15) is 0 Å². The van der Waals surface area contributed by atoms with Crippen molar-refractivity contribution < 1.29 is 19.1 Å². The van der Waals surface area contributed by atoms with E-state index in [0.717, 1.165) is 37.2 Å². The number of rotatable bonds is 12. The molecule has 0 saturated carbocycles. The van der Waals surface area contributed by atoms with Crippen molar-refractivity contribution in [1.29, 1.82) is 0 Å². The maximum absolute atomic E-state index is 11.8. The molecule has 136 valence electrons. The molecule has 4 nitrogen and oxygen atoms in total. The number of esters is 2. The Balaban J connectivity index is 3.82. The Kier molecular flexibility index (Phi) is 10.6. The van der Waals surface area contributed by atoms with E-state index in [2.05, 4.69) is 0 Å². The van der Waals surface area contributed by atoms with Crippen LogP contribution in [0.5, 0.6) is 0 Å². The van der Waals surface area contributed by atoms with Crippen LogP contribution < -0.4 is 0 Å². The number of hydrogen-bond donors (Lipinski definition) is 0. The summed E-state index contributed by atoms with van der Waals surface area (Å²) >= 11 is 1.88. The molecule has 5 heteroatoms. The summed E-state index contributed by atoms with van der Waals surface area (Å²) in [6, 6.07) is 0. The van der Waals surface area contributed by atoms with E-state index in [-0.39, 0.29) is 11.9 Å². The third kappa shape index (κ3) is 9.23. The Bertz CT molecular complexity index is 330. The first kappa shape index (κ1) is 22.3. The lowest BCUT2D eigenvalue weighted by atomic mass is 9.88. The number of thioether (sulfide) groups is 1. The standard InChI is InChI=1S/C18H34O4S/c1-7-21-15(19)17(3,4)11-9-13-23-14-10-12-18(5,6)16(20)22-8-2/h7-14H2,1-6H3. The lowest BCUT2D eigenvalue weighted by molar-refractivity contribution is -0.154. The molecule has 0 heterocycles. The third-order valence-corrected chi connectivity index (χ3v) is 4.99. The molecular weight excluding hydrogens is 312 g/mol. The van der Waals surface area contributed by atoms with Gasteiger partial charge in [-0.2, -0.15) is 11.8 Å². The van der Waals surface area contributed by atoms with E-state index in [1.54, 1.807) is 0 Å². The normalized spacial score (nSPS) is 12.1. The van der Waals surface area contributed by atoms with Gasteiger partial charge in [-0.25, -0.2) is 0 Å². The van der Waals surface area contributed by atoms with Crippen molar-refractivity contribution in [2.75, 3.05) is 24.7 Å². The molecule has 0 aromatic rings. The van der Waals surface area contributed by atoms with Crippen LogP contribution in [0.4, 0.5) is 0 Å². The van der Waals surface area contributed by atoms with Gasteiger partial charge in [0.15, 0.2) is 0 Å². The van der Waals surface area contributed by atoms with Crippen LogP contribution in [0, 0.1) is 10.8 Å². The summed E-state index contributed by atoms with van der Waals surface area (Å²) in [6.07, 6.45) is 3.68. The van der Waals surface area contributed by atoms with Crippen molar-refractivity contribution in [1.82, 2.24) is 0 Å². The zero-order valence-corrected chi connectivity index (χ0v) is 16.5. The minimum Gasteiger partial charge on any atom is -0.466 e. The summed E-state index contributed by atoms with van der Waals surface area (Å²) < 4.78 is 10.2. The first-order chi connectivity index (χ1) is 10.7. The SMILES string of the molecule is CCOC(=O)C(C)(C)CCCSCCCC(C)(C)C(=O)OCC. The van der Waals surface area contributed by atoms with E-state index < -0.39 is 10.8 Å². The smallest absolute Gasteiger partial charge is 0.311 e. The van der Waals surface area contributed by atoms with Gasteiger partial charge in [0, 0.05) is 0 Å². The van der Waals surface area contributed by atoms with Crippen LogP contribution in [0.3, 0.4) is 0 Å². The first-order valence-corrected chi connectivity index (χ1v) is 9.75. The maximum atomic E-state index is 11.8. The molecular formula is C18H34O4S. The van der Waals surface area contributed by atoms with Crippen LogP contribution in [-0.4, -0.2) is 36.7 Å². The van der Waals surface area contributed by atoms with E-state index in [0.29, 0.717) is 13.2 Å². The lowest BCUT2D eigenvalue weighted by Gasteiger charge is -2.22. The van der Waals surface area contributed by atoms with E-state index in [4.69, 9.17) is 9.47 Å². The van der Waals surface area contributed by atoms with Crippen molar-refractivity contribution in [2.45, 2.75) is 67.2 Å². The second kappa shape index (κ2) is 11.0. The third-order valence-electron chi connectivity index (χ3n) is 3.84. The van der Waals surface area contributed by atoms with Crippen LogP contribution in [-0.2, 0) is 19.1 Å². The quantitative estimate of drug-likeness (QED) is 0.386. The Hall–Kier alpha value is -0.710. The number of hydrogen-bond acceptors (Lipinski definition) is 5. The lowest BCUT2D eigenvalue weighted by Crippen LogP contribution is -2.27. The fourth-order valence-electron chi connectivity index (χ4n) is 2.19. The topological polar surface area (TPSA) is 52.6 Å². The fourth-order valence-corrected chi connectivity index (χ4v) is 3.09. The Labute approximate surface area is 146 Å². The maximum Gasteiger partial charge on any atom is 0.311 e. The van der Waals surface area contributed by atoms with Crippen LogP contribution in [0.15, 0.2) is 0 Å². The van der Waals surface area contributed by atoms with E-state index >= 15 is 0 Å². The van der Waals surface area contributed by atoms with Gasteiger partial charge in [-0.15, -0.1) is 0 Å². The molecule has 0 bridgehead atoms. The molecule has 0 aromatic heterocycles. The van der Waals surface area contributed by atoms with Crippen LogP contribution >= 0.6 is 11.8 Å². The van der Waals surface area contributed by atoms with Gasteiger partial charge in [-0.1, -0.05) is 0 Å². The van der Waals surface area contributed by atoms with Crippen LogP contribution in [0.25, 0.3) is 0 Å². The van der Waals surface area contributed by atoms with E-state index in [1.807, 2.05) is 53.3 Å². The van der Waals surface area contributed by atoms with E-state index in [1.165, 1.54) is 0 Å². The molecule has 0 N–H and O–H groups in total. The fraction of sp³-hybridized carbons (Fsp3) is 0.889. The predicted octanol–water partition coefficient (Wildman–Crippen LogP) is 4.46. The highest BCUT2D eigenvalue weighted by molar-refractivity contribution is 7.99. The monoisotopic (exact) mass is 346 g/mol. The molecule has 0 radical (unpaired) electrons. The second-order valence-corrected chi connectivity index (χ2v) is 8.25. The Morgan fingerprint density at radius 3 is 1.43 bits per heavy atom. The molecule has 0 aliphatic rings. The van der Waals surface area contributed by atoms with Crippen LogP contribution in [0.1, 0.15) is 67.2 Å². The molecule has 0 fully saturated rings. The average molecular weight is 347 g/mol. The minimum absolute atomic E-state index is 0.110. The van der Waals surface area contributed by atoms with Gasteiger partial charge in [-0.3, -0.25) is 9.59 Å². The average Bonchev–Trinajstić information content (AvgIpc) is 2.46. The summed E-state index contributed by atoms with van der Waals surface area (Å²) in [5.74, 6) is 1.84. The van der Waals surface area contributed by atoms with Gasteiger partial charge in [0.05, 0.1) is 24.0 Å². The Morgan fingerprint density at radius 1 is 0.783 bits per heavy atom. The van der Waals surface area contributed by atoms with Gasteiger partial charge in [0.25, 0.3) is 0 Å². The van der Waals surface area contributed by atoms with Gasteiger partial charge < -0.3 is 9.47 Å². The van der Waals surface area contributed by atoms with Crippen molar-refractivity contribution in [3.63, 3.8) is 0 Å². The van der Waals surface area contributed by atoms with Crippen LogP contribution in [0.2, 0.25) is 0 Å². The summed E-state index contributed by atoms with van der Waals surface area (Å²) in [5.41, 5.74) is -0.801. The Morgan fingerprint density at radius 2 is 1.13 bits per heavy atom. The number of carbonyl (C=O) groups excluding carboxylic acids is 2. The predicted molar refractivity (Wildman–Crippen MR) is 96.6 cm³/mol. The molecule has 0 saturated heterocycles. The molecule has 0 atom stereocenters. The highest BCUT2D eigenvalue weighted by Crippen LogP contribution is 2.27. The zero-order valence-electron chi connectivity index (χ0n) is 15.7. The molecule has 0 aromatic carbocycles. The molecule has 0 unspecified atom stereocenters. The van der Waals surface area contributed by atoms with Crippen molar-refractivity contribution in [3.8, 4) is 0 Å². The molecule has 23 heavy (non-hydrogen) atoms. The van der Waals surface area contributed by atoms with Gasteiger partial charge in [-0.05, 0) is 78.7 Å².